The molecule has 1 N–H and O–H groups in total. The smallest absolute Gasteiger partial charge is 0.330 e. The molecule has 26 heavy (non-hydrogen) atoms. The van der Waals surface area contributed by atoms with Crippen molar-refractivity contribution in [1.82, 2.24) is 9.55 Å². The van der Waals surface area contributed by atoms with E-state index in [1.54, 1.807) is 20.8 Å². The summed E-state index contributed by atoms with van der Waals surface area (Å²) in [4.78, 5) is 28.4. The fraction of sp³-hybridized carbons (Fsp3) is 0.692. The minimum atomic E-state index is -3.79. The Labute approximate surface area is 150 Å². The van der Waals surface area contributed by atoms with Crippen LogP contribution in [0.5, 0.6) is 0 Å². The van der Waals surface area contributed by atoms with E-state index < -0.39 is 43.2 Å². The summed E-state index contributed by atoms with van der Waals surface area (Å²) in [7, 11) is 1.69. The molecule has 11 nitrogen and oxygen atoms in total. The number of hydrogen-bond acceptors (Lipinski definition) is 7. The highest BCUT2D eigenvalue weighted by Gasteiger charge is 2.36. The summed E-state index contributed by atoms with van der Waals surface area (Å²) in [6, 6.07) is -0.678. The number of hydrogen-bond donors (Lipinski definition) is 1. The van der Waals surface area contributed by atoms with Crippen LogP contribution in [-0.4, -0.2) is 42.0 Å². The standard InChI is InChI=1S/C13H19BN5O6P/c1-7(2)25-26(14,22)23-6-10-9(17-18-15)4-11(24-10)19-5-8(3)12(20)16-13(19)21/h5,7,9-11H,4,6H2,1-3H3,(H,16,20,21)/q-1/t9-,10+,11+,26?/m0/s1. The summed E-state index contributed by atoms with van der Waals surface area (Å²) in [5.41, 5.74) is 7.90. The highest BCUT2D eigenvalue weighted by atomic mass is 31.2. The van der Waals surface area contributed by atoms with Crippen molar-refractivity contribution in [2.45, 2.75) is 51.7 Å². The van der Waals surface area contributed by atoms with Crippen molar-refractivity contribution in [2.24, 2.45) is 5.11 Å². The van der Waals surface area contributed by atoms with Crippen molar-refractivity contribution >= 4 is 15.0 Å². The molecule has 13 heteroatoms. The second kappa shape index (κ2) is 8.24. The Balaban J connectivity index is 2.17. The van der Waals surface area contributed by atoms with Gasteiger partial charge in [0.25, 0.3) is 5.56 Å². The summed E-state index contributed by atoms with van der Waals surface area (Å²) in [6.45, 7) is 4.60. The van der Waals surface area contributed by atoms with Gasteiger partial charge in [-0.1, -0.05) is 5.11 Å². The van der Waals surface area contributed by atoms with Crippen molar-refractivity contribution < 1.29 is 18.3 Å². The minimum Gasteiger partial charge on any atom is -0.444 e. The van der Waals surface area contributed by atoms with Crippen LogP contribution in [-0.2, 0) is 18.3 Å². The molecule has 1 fully saturated rings. The van der Waals surface area contributed by atoms with Crippen molar-refractivity contribution in [3.63, 3.8) is 0 Å². The van der Waals surface area contributed by atoms with Gasteiger partial charge in [-0.15, -0.1) is 0 Å². The topological polar surface area (TPSA) is 148 Å². The molecule has 0 spiro atoms. The zero-order chi connectivity index (χ0) is 19.5. The van der Waals surface area contributed by atoms with Crippen LogP contribution < -0.4 is 11.2 Å². The van der Waals surface area contributed by atoms with Crippen LogP contribution in [0.25, 0.3) is 10.4 Å². The van der Waals surface area contributed by atoms with E-state index >= 15 is 0 Å². The third kappa shape index (κ3) is 5.09. The summed E-state index contributed by atoms with van der Waals surface area (Å²) in [6.07, 6.45) is -0.451. The monoisotopic (exact) mass is 383 g/mol. The molecule has 1 unspecified atom stereocenters. The number of ether oxygens (including phenoxy) is 1. The Morgan fingerprint density at radius 1 is 1.58 bits per heavy atom. The normalized spacial score (nSPS) is 25.0. The van der Waals surface area contributed by atoms with Gasteiger partial charge in [0, 0.05) is 23.1 Å². The van der Waals surface area contributed by atoms with Crippen LogP contribution in [0, 0.1) is 6.92 Å². The lowest BCUT2D eigenvalue weighted by atomic mass is 10.1. The van der Waals surface area contributed by atoms with Crippen LogP contribution in [0.1, 0.15) is 32.1 Å². The third-order valence-electron chi connectivity index (χ3n) is 3.64. The molecule has 0 aliphatic carbocycles. The maximum absolute atomic E-state index is 12.0. The van der Waals surface area contributed by atoms with E-state index in [9.17, 15) is 14.2 Å². The Morgan fingerprint density at radius 3 is 2.88 bits per heavy atom. The van der Waals surface area contributed by atoms with Gasteiger partial charge in [0.1, 0.15) is 6.23 Å². The van der Waals surface area contributed by atoms with Gasteiger partial charge < -0.3 is 25.9 Å². The maximum Gasteiger partial charge on any atom is 0.330 e. The predicted octanol–water partition coefficient (Wildman–Crippen LogP) is 1.53. The quantitative estimate of drug-likeness (QED) is 0.248. The summed E-state index contributed by atoms with van der Waals surface area (Å²) in [5.74, 6) is 0. The Bertz CT molecular complexity index is 863. The molecule has 1 aromatic rings. The summed E-state index contributed by atoms with van der Waals surface area (Å²) in [5, 5.41) is 3.63. The predicted molar refractivity (Wildman–Crippen MR) is 93.1 cm³/mol. The molecule has 1 aromatic heterocycles. The average Bonchev–Trinajstić information content (AvgIpc) is 2.91. The largest absolute Gasteiger partial charge is 0.444 e. The third-order valence-corrected chi connectivity index (χ3v) is 4.86. The molecular formula is C13H19BN5O6P-. The van der Waals surface area contributed by atoms with E-state index in [0.29, 0.717) is 5.56 Å². The first-order valence-corrected chi connectivity index (χ1v) is 9.47. The van der Waals surface area contributed by atoms with Gasteiger partial charge in [-0.2, -0.15) is 0 Å². The molecule has 1 saturated heterocycles. The van der Waals surface area contributed by atoms with Gasteiger partial charge in [-0.3, -0.25) is 14.3 Å². The van der Waals surface area contributed by atoms with E-state index in [2.05, 4.69) is 15.0 Å². The number of nitrogens with one attached hydrogen (secondary N) is 1. The Morgan fingerprint density at radius 2 is 2.27 bits per heavy atom. The van der Waals surface area contributed by atoms with Gasteiger partial charge in [-0.25, -0.2) is 4.79 Å². The molecule has 3 radical (unpaired) electrons. The molecule has 2 heterocycles. The van der Waals surface area contributed by atoms with Gasteiger partial charge in [0.15, 0.2) is 0 Å². The molecular weight excluding hydrogens is 364 g/mol. The van der Waals surface area contributed by atoms with E-state index in [1.807, 2.05) is 0 Å². The number of aryl methyl sites for hydroxylation is 1. The minimum absolute atomic E-state index is 0.170. The second-order valence-electron chi connectivity index (χ2n) is 6.11. The summed E-state index contributed by atoms with van der Waals surface area (Å²) < 4.78 is 29.0. The SMILES string of the molecule is [B-]P(=O)(OC[C@H]1O[C@@H](n2cc(C)c(=O)[nH]c2=O)C[C@@H]1N=[N+]=[N-])OC(C)C. The number of aromatic amines is 1. The van der Waals surface area contributed by atoms with Crippen molar-refractivity contribution in [3.8, 4) is 0 Å². The highest BCUT2D eigenvalue weighted by Crippen LogP contribution is 2.45. The number of aromatic nitrogens is 2. The molecule has 0 bridgehead atoms. The maximum atomic E-state index is 12.0. The van der Waals surface area contributed by atoms with Crippen molar-refractivity contribution in [2.75, 3.05) is 6.61 Å². The van der Waals surface area contributed by atoms with Gasteiger partial charge in [0.05, 0.1) is 32.3 Å². The molecule has 0 aromatic carbocycles. The average molecular weight is 383 g/mol. The van der Waals surface area contributed by atoms with Crippen LogP contribution in [0.15, 0.2) is 20.9 Å². The van der Waals surface area contributed by atoms with Crippen molar-refractivity contribution in [1.29, 1.82) is 0 Å². The Hall–Kier alpha value is -1.84. The molecule has 1 aliphatic heterocycles. The van der Waals surface area contributed by atoms with Gasteiger partial charge in [-0.05, 0) is 26.3 Å². The van der Waals surface area contributed by atoms with E-state index in [-0.39, 0.29) is 13.0 Å². The van der Waals surface area contributed by atoms with Crippen LogP contribution in [0.3, 0.4) is 0 Å². The molecule has 141 valence electrons. The summed E-state index contributed by atoms with van der Waals surface area (Å²) >= 11 is 0. The molecule has 0 amide bonds. The number of H-pyrrole nitrogens is 1. The van der Waals surface area contributed by atoms with Crippen molar-refractivity contribution in [3.05, 3.63) is 43.0 Å². The van der Waals surface area contributed by atoms with Crippen LogP contribution >= 0.6 is 7.47 Å². The molecule has 1 aliphatic rings. The van der Waals surface area contributed by atoms with Crippen LogP contribution in [0.2, 0.25) is 0 Å². The first-order valence-electron chi connectivity index (χ1n) is 7.86. The number of nitrogens with zero attached hydrogens (tertiary/aromatic N) is 4. The molecule has 2 rings (SSSR count). The lowest BCUT2D eigenvalue weighted by Gasteiger charge is -2.30. The van der Waals surface area contributed by atoms with Gasteiger partial charge in [0.2, 0.25) is 0 Å². The lowest BCUT2D eigenvalue weighted by molar-refractivity contribution is -0.0246. The fourth-order valence-corrected chi connectivity index (χ4v) is 3.53. The molecule has 4 atom stereocenters. The zero-order valence-corrected chi connectivity index (χ0v) is 15.5. The lowest BCUT2D eigenvalue weighted by Crippen LogP contribution is -2.33. The zero-order valence-electron chi connectivity index (χ0n) is 14.6. The van der Waals surface area contributed by atoms with E-state index in [0.717, 1.165) is 0 Å². The van der Waals surface area contributed by atoms with Gasteiger partial charge >= 0.3 is 5.69 Å². The van der Waals surface area contributed by atoms with Crippen LogP contribution in [0.4, 0.5) is 0 Å². The first-order chi connectivity index (χ1) is 12.1. The second-order valence-corrected chi connectivity index (χ2v) is 7.65. The fourth-order valence-electron chi connectivity index (χ4n) is 2.53. The first kappa shape index (κ1) is 20.5. The number of azide groups is 1. The van der Waals surface area contributed by atoms with E-state index in [4.69, 9.17) is 26.9 Å². The highest BCUT2D eigenvalue weighted by molar-refractivity contribution is 7.79. The Kier molecular flexibility index (Phi) is 6.49. The number of rotatable bonds is 7. The molecule has 0 saturated carbocycles. The van der Waals surface area contributed by atoms with E-state index in [1.165, 1.54) is 10.8 Å².